The molecule has 0 saturated heterocycles. The molecule has 1 aliphatic carbocycles. The predicted molar refractivity (Wildman–Crippen MR) is 77.6 cm³/mol. The van der Waals surface area contributed by atoms with Crippen LogP contribution < -0.4 is 5.32 Å². The Morgan fingerprint density at radius 1 is 1.40 bits per heavy atom. The summed E-state index contributed by atoms with van der Waals surface area (Å²) in [6, 6.07) is 4.89. The molecule has 0 unspecified atom stereocenters. The summed E-state index contributed by atoms with van der Waals surface area (Å²) >= 11 is 0. The van der Waals surface area contributed by atoms with Gasteiger partial charge in [0.15, 0.2) is 0 Å². The largest absolute Gasteiger partial charge is 0.313 e. The number of halogens is 1. The maximum absolute atomic E-state index is 13.3. The smallest absolute Gasteiger partial charge is 0.123 e. The summed E-state index contributed by atoms with van der Waals surface area (Å²) in [4.78, 5) is 0. The third-order valence-electron chi connectivity index (χ3n) is 3.80. The van der Waals surface area contributed by atoms with Crippen molar-refractivity contribution in [3.63, 3.8) is 0 Å². The first-order valence-corrected chi connectivity index (χ1v) is 7.24. The number of rotatable bonds is 5. The Labute approximate surface area is 118 Å². The summed E-state index contributed by atoms with van der Waals surface area (Å²) < 4.78 is 15.3. The molecule has 20 heavy (non-hydrogen) atoms. The fraction of sp³-hybridized carbons (Fsp3) is 0.438. The summed E-state index contributed by atoms with van der Waals surface area (Å²) in [5.41, 5.74) is 4.46. The van der Waals surface area contributed by atoms with E-state index in [2.05, 4.69) is 17.3 Å². The molecule has 106 valence electrons. The van der Waals surface area contributed by atoms with Crippen LogP contribution in [0.15, 0.2) is 24.4 Å². The zero-order valence-electron chi connectivity index (χ0n) is 12.0. The zero-order chi connectivity index (χ0) is 14.1. The number of nitrogens with one attached hydrogen (secondary N) is 1. The molecule has 3 rings (SSSR count). The fourth-order valence-electron chi connectivity index (χ4n) is 2.63. The van der Waals surface area contributed by atoms with Gasteiger partial charge >= 0.3 is 0 Å². The number of hydrogen-bond donors (Lipinski definition) is 1. The normalized spacial score (nSPS) is 14.8. The number of nitrogens with zero attached hydrogens (tertiary/aromatic N) is 2. The average molecular weight is 273 g/mol. The Balaban J connectivity index is 2.02. The van der Waals surface area contributed by atoms with E-state index in [1.165, 1.54) is 30.2 Å². The minimum atomic E-state index is -0.195. The van der Waals surface area contributed by atoms with E-state index in [1.807, 2.05) is 23.9 Å². The van der Waals surface area contributed by atoms with Gasteiger partial charge in [-0.25, -0.2) is 9.07 Å². The van der Waals surface area contributed by atoms with Gasteiger partial charge in [0.25, 0.3) is 0 Å². The van der Waals surface area contributed by atoms with Crippen molar-refractivity contribution in [1.29, 1.82) is 0 Å². The van der Waals surface area contributed by atoms with Crippen molar-refractivity contribution >= 4 is 0 Å². The molecule has 1 saturated carbocycles. The minimum Gasteiger partial charge on any atom is -0.313 e. The van der Waals surface area contributed by atoms with E-state index in [9.17, 15) is 4.39 Å². The molecular formula is C16H20FN3. The molecule has 0 atom stereocenters. The monoisotopic (exact) mass is 273 g/mol. The highest BCUT2D eigenvalue weighted by Crippen LogP contribution is 2.42. The van der Waals surface area contributed by atoms with Crippen LogP contribution in [0.4, 0.5) is 4.39 Å². The lowest BCUT2D eigenvalue weighted by atomic mass is 10.1. The summed E-state index contributed by atoms with van der Waals surface area (Å²) in [5.74, 6) is 0.412. The molecule has 0 bridgehead atoms. The summed E-state index contributed by atoms with van der Waals surface area (Å²) in [7, 11) is 0. The highest BCUT2D eigenvalue weighted by Gasteiger charge is 2.30. The zero-order valence-corrected chi connectivity index (χ0v) is 12.0. The van der Waals surface area contributed by atoms with Crippen molar-refractivity contribution in [3.05, 3.63) is 47.0 Å². The number of aryl methyl sites for hydroxylation is 1. The van der Waals surface area contributed by atoms with Crippen LogP contribution in [0.2, 0.25) is 0 Å². The highest BCUT2D eigenvalue weighted by atomic mass is 19.1. The molecular weight excluding hydrogens is 253 g/mol. The van der Waals surface area contributed by atoms with E-state index in [0.717, 1.165) is 24.3 Å². The van der Waals surface area contributed by atoms with Crippen molar-refractivity contribution in [2.45, 2.75) is 39.2 Å². The maximum Gasteiger partial charge on any atom is 0.123 e. The first kappa shape index (κ1) is 13.3. The van der Waals surface area contributed by atoms with E-state index in [4.69, 9.17) is 0 Å². The van der Waals surface area contributed by atoms with Crippen LogP contribution in [0.25, 0.3) is 5.69 Å². The average Bonchev–Trinajstić information content (AvgIpc) is 3.17. The van der Waals surface area contributed by atoms with Crippen LogP contribution in [0.5, 0.6) is 0 Å². The predicted octanol–water partition coefficient (Wildman–Crippen LogP) is 3.31. The molecule has 1 N–H and O–H groups in total. The van der Waals surface area contributed by atoms with Gasteiger partial charge in [-0.2, -0.15) is 5.10 Å². The lowest BCUT2D eigenvalue weighted by molar-refractivity contribution is 0.625. The second kappa shape index (κ2) is 5.37. The quantitative estimate of drug-likeness (QED) is 0.905. The van der Waals surface area contributed by atoms with Gasteiger partial charge in [0, 0.05) is 18.0 Å². The molecule has 2 aromatic rings. The summed E-state index contributed by atoms with van der Waals surface area (Å²) in [6.07, 6.45) is 4.40. The van der Waals surface area contributed by atoms with Gasteiger partial charge in [0.05, 0.1) is 17.6 Å². The first-order valence-electron chi connectivity index (χ1n) is 7.24. The third kappa shape index (κ3) is 2.48. The van der Waals surface area contributed by atoms with Crippen LogP contribution in [0.1, 0.15) is 42.5 Å². The Hall–Kier alpha value is -1.68. The standard InChI is InChI=1S/C16H20FN3/c1-3-18-9-13-10-19-20(16(13)12-4-5-12)15-7-6-14(17)8-11(15)2/h6-8,10,12,18H,3-5,9H2,1-2H3. The van der Waals surface area contributed by atoms with Crippen LogP contribution in [0, 0.1) is 12.7 Å². The summed E-state index contributed by atoms with van der Waals surface area (Å²) in [6.45, 7) is 5.83. The molecule has 0 radical (unpaired) electrons. The van der Waals surface area contributed by atoms with Gasteiger partial charge in [0.1, 0.15) is 5.82 Å². The second-order valence-electron chi connectivity index (χ2n) is 5.45. The van der Waals surface area contributed by atoms with Crippen LogP contribution in [-0.2, 0) is 6.54 Å². The third-order valence-corrected chi connectivity index (χ3v) is 3.80. The fourth-order valence-corrected chi connectivity index (χ4v) is 2.63. The molecule has 0 spiro atoms. The first-order chi connectivity index (χ1) is 9.70. The van der Waals surface area contributed by atoms with Gasteiger partial charge in [-0.1, -0.05) is 6.92 Å². The molecule has 0 amide bonds. The van der Waals surface area contributed by atoms with Crippen molar-refractivity contribution < 1.29 is 4.39 Å². The van der Waals surface area contributed by atoms with Crippen LogP contribution in [-0.4, -0.2) is 16.3 Å². The minimum absolute atomic E-state index is 0.195. The SMILES string of the molecule is CCNCc1cnn(-c2ccc(F)cc2C)c1C1CC1. The van der Waals surface area contributed by atoms with Gasteiger partial charge in [0.2, 0.25) is 0 Å². The molecule has 0 aliphatic heterocycles. The van der Waals surface area contributed by atoms with Crippen LogP contribution >= 0.6 is 0 Å². The van der Waals surface area contributed by atoms with E-state index in [0.29, 0.717) is 5.92 Å². The Kier molecular flexibility index (Phi) is 3.57. The molecule has 1 aromatic heterocycles. The van der Waals surface area contributed by atoms with E-state index < -0.39 is 0 Å². The van der Waals surface area contributed by atoms with Gasteiger partial charge in [-0.3, -0.25) is 0 Å². The van der Waals surface area contributed by atoms with E-state index >= 15 is 0 Å². The lowest BCUT2D eigenvalue weighted by Crippen LogP contribution is -2.13. The van der Waals surface area contributed by atoms with Gasteiger partial charge in [-0.05, 0) is 50.1 Å². The van der Waals surface area contributed by atoms with Crippen molar-refractivity contribution in [3.8, 4) is 5.69 Å². The molecule has 1 aliphatic rings. The number of benzene rings is 1. The number of aromatic nitrogens is 2. The molecule has 4 heteroatoms. The number of hydrogen-bond acceptors (Lipinski definition) is 2. The Morgan fingerprint density at radius 2 is 2.20 bits per heavy atom. The molecule has 1 fully saturated rings. The Bertz CT molecular complexity index is 614. The van der Waals surface area contributed by atoms with E-state index in [1.54, 1.807) is 6.07 Å². The van der Waals surface area contributed by atoms with Crippen LogP contribution in [0.3, 0.4) is 0 Å². The maximum atomic E-state index is 13.3. The second-order valence-corrected chi connectivity index (χ2v) is 5.45. The Morgan fingerprint density at radius 3 is 2.85 bits per heavy atom. The highest BCUT2D eigenvalue weighted by molar-refractivity contribution is 5.43. The van der Waals surface area contributed by atoms with E-state index in [-0.39, 0.29) is 5.82 Å². The molecule has 1 aromatic carbocycles. The molecule has 3 nitrogen and oxygen atoms in total. The lowest BCUT2D eigenvalue weighted by Gasteiger charge is -2.11. The topological polar surface area (TPSA) is 29.9 Å². The van der Waals surface area contributed by atoms with Gasteiger partial charge < -0.3 is 5.32 Å². The van der Waals surface area contributed by atoms with Crippen molar-refractivity contribution in [1.82, 2.24) is 15.1 Å². The van der Waals surface area contributed by atoms with Gasteiger partial charge in [-0.15, -0.1) is 0 Å². The summed E-state index contributed by atoms with van der Waals surface area (Å²) in [5, 5.41) is 7.91. The van der Waals surface area contributed by atoms with Crippen molar-refractivity contribution in [2.75, 3.05) is 6.54 Å². The molecule has 1 heterocycles. The van der Waals surface area contributed by atoms with Crippen molar-refractivity contribution in [2.24, 2.45) is 0 Å².